The summed E-state index contributed by atoms with van der Waals surface area (Å²) in [4.78, 5) is 24.8. The Morgan fingerprint density at radius 3 is 2.38 bits per heavy atom. The zero-order valence-corrected chi connectivity index (χ0v) is 23.5. The topological polar surface area (TPSA) is 126 Å². The molecule has 5 atom stereocenters. The molecule has 10 nitrogen and oxygen atoms in total. The summed E-state index contributed by atoms with van der Waals surface area (Å²) in [5, 5.41) is 15.0. The van der Waals surface area contributed by atoms with E-state index in [4.69, 9.17) is 18.5 Å². The number of nitrogens with one attached hydrogen (secondary N) is 1. The summed E-state index contributed by atoms with van der Waals surface area (Å²) >= 11 is 0. The smallest absolute Gasteiger partial charge is 0.360 e. The lowest BCUT2D eigenvalue weighted by Crippen LogP contribution is -2.33. The number of hydrogen-bond donors (Lipinski definition) is 1. The second-order valence-electron chi connectivity index (χ2n) is 9.76. The number of carbonyl (C=O) groups is 1. The molecule has 2 aliphatic heterocycles. The van der Waals surface area contributed by atoms with E-state index in [-0.39, 0.29) is 35.4 Å². The van der Waals surface area contributed by atoms with Gasteiger partial charge in [0.05, 0.1) is 33.9 Å². The number of hydrogen-bond acceptors (Lipinski definition) is 9. The first kappa shape index (κ1) is 28.7. The molecule has 0 amide bonds. The van der Waals surface area contributed by atoms with Crippen LogP contribution in [0.5, 0.6) is 0 Å². The van der Waals surface area contributed by atoms with Gasteiger partial charge < -0.3 is 23.8 Å². The van der Waals surface area contributed by atoms with Gasteiger partial charge in [0.25, 0.3) is 5.69 Å². The van der Waals surface area contributed by atoms with Crippen molar-refractivity contribution in [2.75, 3.05) is 13.7 Å². The second-order valence-corrected chi connectivity index (χ2v) is 11.7. The van der Waals surface area contributed by atoms with Crippen LogP contribution in [0.4, 0.5) is 5.69 Å². The van der Waals surface area contributed by atoms with Gasteiger partial charge in [-0.2, -0.15) is 0 Å². The molecule has 1 N–H and O–H groups in total. The minimum absolute atomic E-state index is 0.0749. The highest BCUT2D eigenvalue weighted by Crippen LogP contribution is 2.67. The predicted octanol–water partition coefficient (Wildman–Crippen LogP) is 6.13. The van der Waals surface area contributed by atoms with Gasteiger partial charge in [-0.1, -0.05) is 42.5 Å². The molecule has 0 aromatic heterocycles. The van der Waals surface area contributed by atoms with Crippen LogP contribution in [-0.4, -0.2) is 36.8 Å². The number of nitro groups is 1. The number of carbonyl (C=O) groups excluding carboxylic acids is 1. The average molecular weight is 557 g/mol. The van der Waals surface area contributed by atoms with Gasteiger partial charge in [0.2, 0.25) is 0 Å². The van der Waals surface area contributed by atoms with Crippen LogP contribution in [0.15, 0.2) is 76.9 Å². The summed E-state index contributed by atoms with van der Waals surface area (Å²) in [6, 6.07) is 15.3. The van der Waals surface area contributed by atoms with Gasteiger partial charge in [0.1, 0.15) is 12.7 Å². The van der Waals surface area contributed by atoms with E-state index in [0.717, 1.165) is 5.56 Å². The van der Waals surface area contributed by atoms with E-state index in [0.29, 0.717) is 23.4 Å². The van der Waals surface area contributed by atoms with Crippen LogP contribution in [0.3, 0.4) is 0 Å². The maximum absolute atomic E-state index is 14.3. The first-order valence-corrected chi connectivity index (χ1v) is 14.2. The van der Waals surface area contributed by atoms with Crippen molar-refractivity contribution in [1.82, 2.24) is 5.32 Å². The largest absolute Gasteiger partial charge is 0.459 e. The van der Waals surface area contributed by atoms with E-state index in [1.165, 1.54) is 25.3 Å². The monoisotopic (exact) mass is 556 g/mol. The molecule has 1 unspecified atom stereocenters. The van der Waals surface area contributed by atoms with Crippen LogP contribution < -0.4 is 5.32 Å². The standard InChI is InChI=1S/C28H33N2O8P/c1-17-14-18(2)38-39(34,37-17)27-20(4)29-19(3)25(26(27)22-12-9-13-23(15-22)30(32)33)28(31)36-16-24(35-5)21-10-7-6-8-11-21/h6-13,15,17-18,24,26,29H,14,16H2,1-5H3/t17-,18+,24-,26+,39?/m1/s1. The van der Waals surface area contributed by atoms with E-state index < -0.39 is 30.5 Å². The maximum Gasteiger partial charge on any atom is 0.360 e. The summed E-state index contributed by atoms with van der Waals surface area (Å²) in [6.07, 6.45) is -0.680. The second kappa shape index (κ2) is 11.8. The number of ether oxygens (including phenoxy) is 2. The molecular weight excluding hydrogens is 523 g/mol. The summed E-state index contributed by atoms with van der Waals surface area (Å²) in [5.41, 5.74) is 2.18. The number of nitrogens with zero attached hydrogens (tertiary/aromatic N) is 1. The first-order chi connectivity index (χ1) is 18.5. The Balaban J connectivity index is 1.77. The highest BCUT2D eigenvalue weighted by Gasteiger charge is 2.48. The van der Waals surface area contributed by atoms with Crippen molar-refractivity contribution in [3.8, 4) is 0 Å². The SMILES string of the molecule is CO[C@H](COC(=O)C1=C(C)NC(C)=C(P2(=O)O[C@H](C)C[C@H](C)O2)[C@H]1c1cccc([N+](=O)[O-])c1)c1ccccc1. The summed E-state index contributed by atoms with van der Waals surface area (Å²) in [6.45, 7) is 6.97. The van der Waals surface area contributed by atoms with Crippen molar-refractivity contribution in [2.45, 2.75) is 58.3 Å². The number of esters is 1. The fourth-order valence-electron chi connectivity index (χ4n) is 5.12. The molecule has 0 bridgehead atoms. The normalized spacial score (nSPS) is 26.1. The third-order valence-corrected chi connectivity index (χ3v) is 9.24. The average Bonchev–Trinajstić information content (AvgIpc) is 2.88. The fraction of sp³-hybridized carbons (Fsp3) is 0.393. The van der Waals surface area contributed by atoms with Crippen LogP contribution in [0.1, 0.15) is 57.3 Å². The van der Waals surface area contributed by atoms with Gasteiger partial charge in [-0.3, -0.25) is 14.7 Å². The highest BCUT2D eigenvalue weighted by atomic mass is 31.2. The Morgan fingerprint density at radius 1 is 1.10 bits per heavy atom. The van der Waals surface area contributed by atoms with Crippen molar-refractivity contribution in [1.29, 1.82) is 0 Å². The van der Waals surface area contributed by atoms with Gasteiger partial charge in [-0.15, -0.1) is 0 Å². The molecule has 0 spiro atoms. The zero-order chi connectivity index (χ0) is 28.3. The van der Waals surface area contributed by atoms with Gasteiger partial charge in [-0.05, 0) is 38.8 Å². The Morgan fingerprint density at radius 2 is 1.77 bits per heavy atom. The van der Waals surface area contributed by atoms with Gasteiger partial charge in [-0.25, -0.2) is 4.79 Å². The first-order valence-electron chi connectivity index (χ1n) is 12.7. The molecule has 208 valence electrons. The molecule has 2 aliphatic rings. The molecule has 4 rings (SSSR count). The predicted molar refractivity (Wildman–Crippen MR) is 145 cm³/mol. The number of non-ortho nitro benzene ring substituents is 1. The number of nitro benzene ring substituents is 1. The molecular formula is C28H33N2O8P. The Labute approximate surface area is 227 Å². The minimum atomic E-state index is -3.93. The fourth-order valence-corrected chi connectivity index (χ4v) is 7.58. The molecule has 1 saturated heterocycles. The lowest BCUT2D eigenvalue weighted by molar-refractivity contribution is -0.384. The van der Waals surface area contributed by atoms with E-state index in [1.54, 1.807) is 19.9 Å². The number of allylic oxidation sites excluding steroid dienone is 3. The Kier molecular flexibility index (Phi) is 8.71. The van der Waals surface area contributed by atoms with Gasteiger partial charge in [0, 0.05) is 37.1 Å². The van der Waals surface area contributed by atoms with Gasteiger partial charge in [0.15, 0.2) is 0 Å². The molecule has 0 radical (unpaired) electrons. The van der Waals surface area contributed by atoms with Gasteiger partial charge >= 0.3 is 13.6 Å². The van der Waals surface area contributed by atoms with Crippen LogP contribution in [0.25, 0.3) is 0 Å². The number of dihydropyridines is 1. The van der Waals surface area contributed by atoms with Crippen molar-refractivity contribution in [3.05, 3.63) is 98.1 Å². The van der Waals surface area contributed by atoms with Crippen LogP contribution in [-0.2, 0) is 27.9 Å². The lowest BCUT2D eigenvalue weighted by atomic mass is 9.86. The third kappa shape index (κ3) is 6.15. The Bertz CT molecular complexity index is 1340. The van der Waals surface area contributed by atoms with Crippen molar-refractivity contribution in [3.63, 3.8) is 0 Å². The molecule has 1 fully saturated rings. The van der Waals surface area contributed by atoms with Crippen LogP contribution in [0, 0.1) is 10.1 Å². The van der Waals surface area contributed by atoms with Crippen molar-refractivity contribution < 1.29 is 32.8 Å². The van der Waals surface area contributed by atoms with Crippen molar-refractivity contribution in [2.24, 2.45) is 0 Å². The maximum atomic E-state index is 14.3. The molecule has 0 aliphatic carbocycles. The van der Waals surface area contributed by atoms with E-state index in [9.17, 15) is 19.5 Å². The summed E-state index contributed by atoms with van der Waals surface area (Å²) < 4.78 is 37.5. The molecule has 2 aromatic carbocycles. The molecule has 2 heterocycles. The molecule has 11 heteroatoms. The number of rotatable bonds is 8. The summed E-state index contributed by atoms with van der Waals surface area (Å²) in [7, 11) is -2.40. The number of methoxy groups -OCH3 is 1. The zero-order valence-electron chi connectivity index (χ0n) is 22.6. The quantitative estimate of drug-likeness (QED) is 0.177. The van der Waals surface area contributed by atoms with E-state index >= 15 is 0 Å². The molecule has 39 heavy (non-hydrogen) atoms. The lowest BCUT2D eigenvalue weighted by Gasteiger charge is -2.39. The Hall–Kier alpha value is -3.30. The molecule has 2 aromatic rings. The van der Waals surface area contributed by atoms with Crippen molar-refractivity contribution >= 4 is 19.3 Å². The van der Waals surface area contributed by atoms with E-state index in [2.05, 4.69) is 5.32 Å². The number of benzene rings is 2. The van der Waals surface area contributed by atoms with E-state index in [1.807, 2.05) is 44.2 Å². The molecule has 0 saturated carbocycles. The summed E-state index contributed by atoms with van der Waals surface area (Å²) in [5.74, 6) is -1.65. The minimum Gasteiger partial charge on any atom is -0.459 e. The highest BCUT2D eigenvalue weighted by molar-refractivity contribution is 7.58. The third-order valence-electron chi connectivity index (χ3n) is 6.78. The van der Waals surface area contributed by atoms with Crippen LogP contribution in [0.2, 0.25) is 0 Å². The van der Waals surface area contributed by atoms with Crippen LogP contribution >= 0.6 is 7.60 Å².